The molecule has 0 spiro atoms. The van der Waals surface area contributed by atoms with Crippen LogP contribution in [0.2, 0.25) is 0 Å². The van der Waals surface area contributed by atoms with Gasteiger partial charge in [-0.25, -0.2) is 4.98 Å². The van der Waals surface area contributed by atoms with E-state index in [1.54, 1.807) is 6.20 Å². The molecule has 1 aromatic heterocycles. The molecule has 106 valence electrons. The third-order valence-corrected chi connectivity index (χ3v) is 3.19. The number of nitrogens with zero attached hydrogens (tertiary/aromatic N) is 2. The van der Waals surface area contributed by atoms with Gasteiger partial charge in [0.2, 0.25) is 11.8 Å². The highest BCUT2D eigenvalue weighted by atomic mass is 16.4. The minimum absolute atomic E-state index is 0.0188. The normalized spacial score (nSPS) is 18.8. The van der Waals surface area contributed by atoms with E-state index in [9.17, 15) is 4.79 Å². The van der Waals surface area contributed by atoms with Crippen LogP contribution in [0, 0.1) is 6.92 Å². The highest BCUT2D eigenvalue weighted by Gasteiger charge is 2.17. The summed E-state index contributed by atoms with van der Waals surface area (Å²) in [5.41, 5.74) is 0. The van der Waals surface area contributed by atoms with E-state index in [0.29, 0.717) is 12.4 Å². The Kier molecular flexibility index (Phi) is 4.93. The zero-order valence-corrected chi connectivity index (χ0v) is 11.6. The molecule has 1 aromatic rings. The predicted octanol–water partition coefficient (Wildman–Crippen LogP) is 0.456. The second kappa shape index (κ2) is 6.68. The largest absolute Gasteiger partial charge is 0.444 e. The molecule has 2 heterocycles. The van der Waals surface area contributed by atoms with Crippen LogP contribution in [0.25, 0.3) is 0 Å². The van der Waals surface area contributed by atoms with Gasteiger partial charge in [-0.05, 0) is 33.4 Å². The topological polar surface area (TPSA) is 70.4 Å². The number of hydrogen-bond donors (Lipinski definition) is 2. The van der Waals surface area contributed by atoms with Gasteiger partial charge in [0.1, 0.15) is 11.8 Å². The summed E-state index contributed by atoms with van der Waals surface area (Å²) < 4.78 is 5.41. The third-order valence-electron chi connectivity index (χ3n) is 3.19. The zero-order chi connectivity index (χ0) is 13.7. The Balaban J connectivity index is 1.80. The maximum absolute atomic E-state index is 12.0. The van der Waals surface area contributed by atoms with Crippen LogP contribution in [0.15, 0.2) is 10.6 Å². The van der Waals surface area contributed by atoms with Gasteiger partial charge in [-0.15, -0.1) is 0 Å². The molecule has 6 nitrogen and oxygen atoms in total. The number of amides is 1. The van der Waals surface area contributed by atoms with Crippen LogP contribution in [-0.4, -0.2) is 48.5 Å². The minimum atomic E-state index is -0.189. The fraction of sp³-hybridized carbons (Fsp3) is 0.692. The summed E-state index contributed by atoms with van der Waals surface area (Å²) >= 11 is 0. The Hall–Kier alpha value is -1.40. The lowest BCUT2D eigenvalue weighted by Crippen LogP contribution is -2.39. The number of carbonyl (C=O) groups is 1. The van der Waals surface area contributed by atoms with Crippen molar-refractivity contribution >= 4 is 5.91 Å². The van der Waals surface area contributed by atoms with E-state index in [1.807, 2.05) is 13.8 Å². The third kappa shape index (κ3) is 4.33. The molecule has 0 aromatic carbocycles. The minimum Gasteiger partial charge on any atom is -0.444 e. The van der Waals surface area contributed by atoms with Crippen molar-refractivity contribution in [1.29, 1.82) is 0 Å². The molecular weight excluding hydrogens is 244 g/mol. The molecule has 1 unspecified atom stereocenters. The Morgan fingerprint density at radius 1 is 1.58 bits per heavy atom. The van der Waals surface area contributed by atoms with Crippen LogP contribution in [0.3, 0.4) is 0 Å². The van der Waals surface area contributed by atoms with E-state index < -0.39 is 0 Å². The van der Waals surface area contributed by atoms with E-state index in [2.05, 4.69) is 20.5 Å². The van der Waals surface area contributed by atoms with Crippen molar-refractivity contribution in [2.45, 2.75) is 26.3 Å². The molecule has 1 fully saturated rings. The number of carbonyl (C=O) groups excluding carboxylic acids is 1. The Bertz CT molecular complexity index is 411. The second-order valence-electron chi connectivity index (χ2n) is 4.98. The van der Waals surface area contributed by atoms with Crippen molar-refractivity contribution in [2.75, 3.05) is 32.7 Å². The van der Waals surface area contributed by atoms with Gasteiger partial charge in [0.25, 0.3) is 0 Å². The van der Waals surface area contributed by atoms with E-state index in [1.165, 1.54) is 0 Å². The zero-order valence-electron chi connectivity index (χ0n) is 11.6. The van der Waals surface area contributed by atoms with Crippen LogP contribution in [0.4, 0.5) is 0 Å². The molecule has 1 saturated heterocycles. The summed E-state index contributed by atoms with van der Waals surface area (Å²) in [6.07, 6.45) is 2.75. The van der Waals surface area contributed by atoms with Gasteiger partial charge in [-0.2, -0.15) is 0 Å². The van der Waals surface area contributed by atoms with Gasteiger partial charge in [-0.1, -0.05) is 0 Å². The van der Waals surface area contributed by atoms with Gasteiger partial charge in [0.05, 0.1) is 12.7 Å². The van der Waals surface area contributed by atoms with Gasteiger partial charge in [-0.3, -0.25) is 9.69 Å². The fourth-order valence-electron chi connectivity index (χ4n) is 2.18. The summed E-state index contributed by atoms with van der Waals surface area (Å²) in [5, 5.41) is 6.24. The summed E-state index contributed by atoms with van der Waals surface area (Å²) in [7, 11) is 0. The Morgan fingerprint density at radius 3 is 3.16 bits per heavy atom. The lowest BCUT2D eigenvalue weighted by atomic mass is 10.3. The molecular formula is C13H22N4O2. The van der Waals surface area contributed by atoms with Crippen LogP contribution in [0.5, 0.6) is 0 Å². The molecule has 0 radical (unpaired) electrons. The van der Waals surface area contributed by atoms with Crippen molar-refractivity contribution in [3.63, 3.8) is 0 Å². The highest BCUT2D eigenvalue weighted by molar-refractivity contribution is 5.78. The summed E-state index contributed by atoms with van der Waals surface area (Å²) in [6.45, 7) is 8.02. The fourth-order valence-corrected chi connectivity index (χ4v) is 2.18. The lowest BCUT2D eigenvalue weighted by molar-refractivity contribution is -0.123. The summed E-state index contributed by atoms with van der Waals surface area (Å²) in [5.74, 6) is 1.34. The van der Waals surface area contributed by atoms with Gasteiger partial charge < -0.3 is 15.1 Å². The van der Waals surface area contributed by atoms with E-state index in [-0.39, 0.29) is 11.9 Å². The molecule has 1 amide bonds. The average Bonchev–Trinajstić information content (AvgIpc) is 2.64. The molecule has 1 aliphatic heterocycles. The molecule has 0 bridgehead atoms. The molecule has 2 N–H and O–H groups in total. The van der Waals surface area contributed by atoms with Crippen molar-refractivity contribution in [3.05, 3.63) is 17.8 Å². The number of rotatable bonds is 4. The van der Waals surface area contributed by atoms with Crippen LogP contribution in [-0.2, 0) is 4.79 Å². The first kappa shape index (κ1) is 14.0. The van der Waals surface area contributed by atoms with Crippen molar-refractivity contribution < 1.29 is 9.21 Å². The maximum atomic E-state index is 12.0. The maximum Gasteiger partial charge on any atom is 0.234 e. The van der Waals surface area contributed by atoms with E-state index >= 15 is 0 Å². The first-order chi connectivity index (χ1) is 9.15. The van der Waals surface area contributed by atoms with Crippen molar-refractivity contribution in [3.8, 4) is 0 Å². The smallest absolute Gasteiger partial charge is 0.234 e. The molecule has 2 rings (SSSR count). The van der Waals surface area contributed by atoms with Crippen molar-refractivity contribution in [1.82, 2.24) is 20.5 Å². The SMILES string of the molecule is Cc1cnc(C(C)NC(=O)CN2CCCNCC2)o1. The lowest BCUT2D eigenvalue weighted by Gasteiger charge is -2.19. The summed E-state index contributed by atoms with van der Waals surface area (Å²) in [4.78, 5) is 18.3. The molecule has 0 aliphatic carbocycles. The van der Waals surface area contributed by atoms with Crippen LogP contribution < -0.4 is 10.6 Å². The van der Waals surface area contributed by atoms with Crippen LogP contribution in [0.1, 0.15) is 31.0 Å². The molecule has 6 heteroatoms. The molecule has 19 heavy (non-hydrogen) atoms. The molecule has 1 atom stereocenters. The molecule has 0 saturated carbocycles. The number of oxazole rings is 1. The van der Waals surface area contributed by atoms with Crippen molar-refractivity contribution in [2.24, 2.45) is 0 Å². The van der Waals surface area contributed by atoms with Gasteiger partial charge >= 0.3 is 0 Å². The summed E-state index contributed by atoms with van der Waals surface area (Å²) in [6, 6.07) is -0.189. The highest BCUT2D eigenvalue weighted by Crippen LogP contribution is 2.11. The van der Waals surface area contributed by atoms with Gasteiger partial charge in [0, 0.05) is 13.1 Å². The average molecular weight is 266 g/mol. The first-order valence-corrected chi connectivity index (χ1v) is 6.80. The Morgan fingerprint density at radius 2 is 2.42 bits per heavy atom. The van der Waals surface area contributed by atoms with Gasteiger partial charge in [0.15, 0.2) is 0 Å². The number of aryl methyl sites for hydroxylation is 1. The van der Waals surface area contributed by atoms with E-state index in [4.69, 9.17) is 4.42 Å². The van der Waals surface area contributed by atoms with E-state index in [0.717, 1.165) is 38.4 Å². The monoisotopic (exact) mass is 266 g/mol. The standard InChI is InChI=1S/C13H22N4O2/c1-10-8-15-13(19-10)11(2)16-12(18)9-17-6-3-4-14-5-7-17/h8,11,14H,3-7,9H2,1-2H3,(H,16,18). The predicted molar refractivity (Wildman–Crippen MR) is 71.7 cm³/mol. The number of nitrogens with one attached hydrogen (secondary N) is 2. The second-order valence-corrected chi connectivity index (χ2v) is 4.98. The van der Waals surface area contributed by atoms with Crippen LogP contribution >= 0.6 is 0 Å². The quantitative estimate of drug-likeness (QED) is 0.828. The molecule has 1 aliphatic rings. The Labute approximate surface area is 113 Å². The first-order valence-electron chi connectivity index (χ1n) is 6.80. The number of hydrogen-bond acceptors (Lipinski definition) is 5. The number of aromatic nitrogens is 1.